The highest BCUT2D eigenvalue weighted by atomic mass is 19.4. The van der Waals surface area contributed by atoms with Crippen LogP contribution in [0.25, 0.3) is 0 Å². The average molecular weight is 271 g/mol. The molecule has 0 saturated heterocycles. The molecule has 0 aliphatic rings. The minimum atomic E-state index is -4.45. The van der Waals surface area contributed by atoms with E-state index in [-0.39, 0.29) is 11.6 Å². The molecule has 0 atom stereocenters. The predicted octanol–water partition coefficient (Wildman–Crippen LogP) is 2.62. The van der Waals surface area contributed by atoms with Crippen LogP contribution in [0.1, 0.15) is 5.56 Å². The van der Waals surface area contributed by atoms with Crippen LogP contribution in [0.3, 0.4) is 0 Å². The molecule has 0 saturated carbocycles. The van der Waals surface area contributed by atoms with Gasteiger partial charge in [-0.15, -0.1) is 5.10 Å². The Bertz CT molecular complexity index is 607. The molecule has 2 rings (SSSR count). The fourth-order valence-electron chi connectivity index (χ4n) is 1.34. The SMILES string of the molecule is NC(=O)n1ccc(Oc2cccc(C(F)(F)F)c2)n1. The summed E-state index contributed by atoms with van der Waals surface area (Å²) in [6.07, 6.45) is -3.21. The quantitative estimate of drug-likeness (QED) is 0.912. The van der Waals surface area contributed by atoms with Gasteiger partial charge in [0.25, 0.3) is 0 Å². The number of hydrogen-bond acceptors (Lipinski definition) is 3. The second-order valence-corrected chi connectivity index (χ2v) is 3.56. The van der Waals surface area contributed by atoms with E-state index in [1.807, 2.05) is 0 Å². The lowest BCUT2D eigenvalue weighted by atomic mass is 10.2. The summed E-state index contributed by atoms with van der Waals surface area (Å²) in [5.74, 6) is -0.0670. The van der Waals surface area contributed by atoms with E-state index in [1.165, 1.54) is 24.4 Å². The van der Waals surface area contributed by atoms with Crippen LogP contribution in [0.15, 0.2) is 36.5 Å². The minimum Gasteiger partial charge on any atom is -0.438 e. The number of rotatable bonds is 2. The Morgan fingerprint density at radius 2 is 2.05 bits per heavy atom. The maximum atomic E-state index is 12.5. The van der Waals surface area contributed by atoms with Crippen molar-refractivity contribution in [2.24, 2.45) is 5.73 Å². The summed E-state index contributed by atoms with van der Waals surface area (Å²) >= 11 is 0. The number of primary amides is 1. The Balaban J connectivity index is 2.21. The number of ether oxygens (including phenoxy) is 1. The van der Waals surface area contributed by atoms with Crippen molar-refractivity contribution in [3.8, 4) is 11.6 Å². The minimum absolute atomic E-state index is 0.0295. The van der Waals surface area contributed by atoms with Gasteiger partial charge >= 0.3 is 12.2 Å². The van der Waals surface area contributed by atoms with Crippen molar-refractivity contribution >= 4 is 6.03 Å². The molecular weight excluding hydrogens is 263 g/mol. The molecule has 1 heterocycles. The van der Waals surface area contributed by atoms with Crippen LogP contribution in [0.2, 0.25) is 0 Å². The first-order chi connectivity index (χ1) is 8.86. The number of carbonyl (C=O) groups excluding carboxylic acids is 1. The molecule has 1 amide bonds. The summed E-state index contributed by atoms with van der Waals surface area (Å²) in [7, 11) is 0. The van der Waals surface area contributed by atoms with E-state index in [2.05, 4.69) is 5.10 Å². The van der Waals surface area contributed by atoms with E-state index >= 15 is 0 Å². The normalized spacial score (nSPS) is 11.3. The molecule has 0 spiro atoms. The predicted molar refractivity (Wildman–Crippen MR) is 58.7 cm³/mol. The van der Waals surface area contributed by atoms with Crippen molar-refractivity contribution in [1.29, 1.82) is 0 Å². The largest absolute Gasteiger partial charge is 0.438 e. The molecule has 0 radical (unpaired) electrons. The summed E-state index contributed by atoms with van der Waals surface area (Å²) in [6, 6.07) is 4.81. The van der Waals surface area contributed by atoms with E-state index in [0.29, 0.717) is 0 Å². The van der Waals surface area contributed by atoms with Crippen molar-refractivity contribution < 1.29 is 22.7 Å². The first kappa shape index (κ1) is 12.9. The molecule has 2 N–H and O–H groups in total. The van der Waals surface area contributed by atoms with Crippen LogP contribution in [0, 0.1) is 0 Å². The van der Waals surface area contributed by atoms with Gasteiger partial charge in [-0.3, -0.25) is 0 Å². The number of aromatic nitrogens is 2. The first-order valence-electron chi connectivity index (χ1n) is 5.07. The molecule has 2 aromatic rings. The highest BCUT2D eigenvalue weighted by Gasteiger charge is 2.30. The van der Waals surface area contributed by atoms with Gasteiger partial charge in [-0.2, -0.15) is 17.9 Å². The van der Waals surface area contributed by atoms with Crippen molar-refractivity contribution in [1.82, 2.24) is 9.78 Å². The summed E-state index contributed by atoms with van der Waals surface area (Å²) in [4.78, 5) is 10.8. The van der Waals surface area contributed by atoms with Gasteiger partial charge in [-0.1, -0.05) is 6.07 Å². The van der Waals surface area contributed by atoms with Crippen molar-refractivity contribution in [3.05, 3.63) is 42.1 Å². The average Bonchev–Trinajstić information content (AvgIpc) is 2.77. The second kappa shape index (κ2) is 4.63. The monoisotopic (exact) mass is 271 g/mol. The maximum absolute atomic E-state index is 12.5. The number of carbonyl (C=O) groups is 1. The smallest absolute Gasteiger partial charge is 0.416 e. The van der Waals surface area contributed by atoms with Crippen molar-refractivity contribution in [2.75, 3.05) is 0 Å². The number of nitrogens with two attached hydrogens (primary N) is 1. The molecule has 1 aromatic carbocycles. The van der Waals surface area contributed by atoms with Gasteiger partial charge in [0.15, 0.2) is 0 Å². The van der Waals surface area contributed by atoms with Gasteiger partial charge in [0.05, 0.1) is 5.56 Å². The van der Waals surface area contributed by atoms with Gasteiger partial charge in [-0.05, 0) is 18.2 Å². The first-order valence-corrected chi connectivity index (χ1v) is 5.07. The Morgan fingerprint density at radius 3 is 2.63 bits per heavy atom. The molecule has 0 bridgehead atoms. The van der Waals surface area contributed by atoms with E-state index in [9.17, 15) is 18.0 Å². The van der Waals surface area contributed by atoms with E-state index in [1.54, 1.807) is 0 Å². The molecule has 0 unspecified atom stereocenters. The van der Waals surface area contributed by atoms with Crippen molar-refractivity contribution in [3.63, 3.8) is 0 Å². The zero-order valence-corrected chi connectivity index (χ0v) is 9.39. The van der Waals surface area contributed by atoms with E-state index in [4.69, 9.17) is 10.5 Å². The number of halogens is 3. The standard InChI is InChI=1S/C11H8F3N3O2/c12-11(13,14)7-2-1-3-8(6-7)19-9-4-5-17(16-9)10(15)18/h1-6H,(H2,15,18). The van der Waals surface area contributed by atoms with E-state index < -0.39 is 17.8 Å². The second-order valence-electron chi connectivity index (χ2n) is 3.56. The lowest BCUT2D eigenvalue weighted by molar-refractivity contribution is -0.137. The topological polar surface area (TPSA) is 70.1 Å². The lowest BCUT2D eigenvalue weighted by Crippen LogP contribution is -2.19. The lowest BCUT2D eigenvalue weighted by Gasteiger charge is -2.08. The number of hydrogen-bond donors (Lipinski definition) is 1. The van der Waals surface area contributed by atoms with Crippen LogP contribution in [-0.4, -0.2) is 15.8 Å². The van der Waals surface area contributed by atoms with Gasteiger partial charge in [0, 0.05) is 12.3 Å². The molecule has 0 aliphatic heterocycles. The highest BCUT2D eigenvalue weighted by molar-refractivity contribution is 5.73. The van der Waals surface area contributed by atoms with Gasteiger partial charge in [0.2, 0.25) is 5.88 Å². The molecular formula is C11H8F3N3O2. The van der Waals surface area contributed by atoms with Gasteiger partial charge in [0.1, 0.15) is 5.75 Å². The molecule has 0 aliphatic carbocycles. The number of amides is 1. The summed E-state index contributed by atoms with van der Waals surface area (Å²) in [5.41, 5.74) is 4.12. The molecule has 100 valence electrons. The van der Waals surface area contributed by atoms with Gasteiger partial charge in [-0.25, -0.2) is 4.79 Å². The van der Waals surface area contributed by atoms with Gasteiger partial charge < -0.3 is 10.5 Å². The molecule has 1 aromatic heterocycles. The maximum Gasteiger partial charge on any atom is 0.416 e. The zero-order valence-electron chi connectivity index (χ0n) is 9.39. The summed E-state index contributed by atoms with van der Waals surface area (Å²) < 4.78 is 43.4. The van der Waals surface area contributed by atoms with Crippen LogP contribution in [-0.2, 0) is 6.18 Å². The third-order valence-corrected chi connectivity index (χ3v) is 2.17. The fraction of sp³-hybridized carbons (Fsp3) is 0.0909. The molecule has 19 heavy (non-hydrogen) atoms. The highest BCUT2D eigenvalue weighted by Crippen LogP contribution is 2.32. The fourth-order valence-corrected chi connectivity index (χ4v) is 1.34. The zero-order chi connectivity index (χ0) is 14.0. The van der Waals surface area contributed by atoms with Crippen LogP contribution in [0.4, 0.5) is 18.0 Å². The third kappa shape index (κ3) is 3.03. The Kier molecular flexibility index (Phi) is 3.16. The number of benzene rings is 1. The summed E-state index contributed by atoms with van der Waals surface area (Å²) in [6.45, 7) is 0. The van der Waals surface area contributed by atoms with Crippen LogP contribution in [0.5, 0.6) is 11.6 Å². The third-order valence-electron chi connectivity index (χ3n) is 2.17. The number of alkyl halides is 3. The Morgan fingerprint density at radius 1 is 1.32 bits per heavy atom. The Hall–Kier alpha value is -2.51. The van der Waals surface area contributed by atoms with Crippen LogP contribution >= 0.6 is 0 Å². The number of nitrogens with zero attached hydrogens (tertiary/aromatic N) is 2. The van der Waals surface area contributed by atoms with Crippen LogP contribution < -0.4 is 10.5 Å². The van der Waals surface area contributed by atoms with Crippen molar-refractivity contribution in [2.45, 2.75) is 6.18 Å². The molecule has 0 fully saturated rings. The molecule has 5 nitrogen and oxygen atoms in total. The Labute approximate surface area is 105 Å². The molecule has 8 heteroatoms. The summed E-state index contributed by atoms with van der Waals surface area (Å²) in [5, 5.41) is 3.64. The van der Waals surface area contributed by atoms with E-state index in [0.717, 1.165) is 16.8 Å².